The van der Waals surface area contributed by atoms with Crippen LogP contribution in [0, 0.1) is 0 Å². The van der Waals surface area contributed by atoms with Gasteiger partial charge in [0.05, 0.1) is 12.1 Å². The van der Waals surface area contributed by atoms with Gasteiger partial charge in [0.2, 0.25) is 0 Å². The number of aromatic amines is 1. The maximum absolute atomic E-state index is 11.2. The van der Waals surface area contributed by atoms with Crippen molar-refractivity contribution < 1.29 is 4.79 Å². The van der Waals surface area contributed by atoms with Crippen LogP contribution in [0.5, 0.6) is 0 Å². The molecule has 0 saturated carbocycles. The Morgan fingerprint density at radius 2 is 1.95 bits per heavy atom. The van der Waals surface area contributed by atoms with Gasteiger partial charge in [-0.25, -0.2) is 4.98 Å². The molecule has 0 radical (unpaired) electrons. The van der Waals surface area contributed by atoms with Crippen LogP contribution >= 0.6 is 11.3 Å². The van der Waals surface area contributed by atoms with Crippen molar-refractivity contribution in [2.75, 3.05) is 0 Å². The van der Waals surface area contributed by atoms with E-state index in [1.54, 1.807) is 18.3 Å². The SMILES string of the molecule is CC(=O)Cc1nc(-c2ccc3c(c2)[nH]c2ccccc23)cs1. The van der Waals surface area contributed by atoms with E-state index in [0.29, 0.717) is 6.42 Å². The van der Waals surface area contributed by atoms with Crippen LogP contribution in [0.2, 0.25) is 0 Å². The van der Waals surface area contributed by atoms with Gasteiger partial charge in [-0.1, -0.05) is 30.3 Å². The Bertz CT molecular complexity index is 997. The number of hydrogen-bond donors (Lipinski definition) is 1. The Morgan fingerprint density at radius 3 is 2.82 bits per heavy atom. The Kier molecular flexibility index (Phi) is 3.05. The number of rotatable bonds is 3. The van der Waals surface area contributed by atoms with Crippen LogP contribution in [-0.4, -0.2) is 15.8 Å². The quantitative estimate of drug-likeness (QED) is 0.602. The zero-order chi connectivity index (χ0) is 15.1. The third-order valence-electron chi connectivity index (χ3n) is 3.75. The summed E-state index contributed by atoms with van der Waals surface area (Å²) in [7, 11) is 0. The lowest BCUT2D eigenvalue weighted by atomic mass is 10.1. The second-order valence-corrected chi connectivity index (χ2v) is 6.38. The maximum Gasteiger partial charge on any atom is 0.136 e. The number of ketones is 1. The molecule has 4 rings (SSSR count). The molecule has 2 aromatic heterocycles. The van der Waals surface area contributed by atoms with E-state index in [2.05, 4.69) is 46.4 Å². The first-order chi connectivity index (χ1) is 10.7. The molecule has 2 aromatic carbocycles. The fourth-order valence-electron chi connectivity index (χ4n) is 2.75. The number of benzene rings is 2. The van der Waals surface area contributed by atoms with Crippen molar-refractivity contribution in [1.82, 2.24) is 9.97 Å². The summed E-state index contributed by atoms with van der Waals surface area (Å²) in [5, 5.41) is 5.35. The van der Waals surface area contributed by atoms with Crippen LogP contribution < -0.4 is 0 Å². The molecule has 2 heterocycles. The predicted octanol–water partition coefficient (Wildman–Crippen LogP) is 4.58. The largest absolute Gasteiger partial charge is 0.354 e. The normalized spacial score (nSPS) is 11.3. The summed E-state index contributed by atoms with van der Waals surface area (Å²) in [4.78, 5) is 19.2. The van der Waals surface area contributed by atoms with E-state index in [9.17, 15) is 4.79 Å². The molecule has 0 aliphatic heterocycles. The first-order valence-corrected chi connectivity index (χ1v) is 8.03. The molecule has 108 valence electrons. The first kappa shape index (κ1) is 13.2. The number of para-hydroxylation sites is 1. The van der Waals surface area contributed by atoms with Gasteiger partial charge >= 0.3 is 0 Å². The number of Topliss-reactive ketones (excluding diaryl/α,β-unsaturated/α-hetero) is 1. The average molecular weight is 306 g/mol. The average Bonchev–Trinajstić information content (AvgIpc) is 3.10. The lowest BCUT2D eigenvalue weighted by Crippen LogP contribution is -1.95. The van der Waals surface area contributed by atoms with E-state index in [1.807, 2.05) is 11.4 Å². The minimum atomic E-state index is 0.145. The van der Waals surface area contributed by atoms with Crippen molar-refractivity contribution in [3.8, 4) is 11.3 Å². The third kappa shape index (κ3) is 2.22. The van der Waals surface area contributed by atoms with E-state index in [-0.39, 0.29) is 5.78 Å². The molecule has 0 amide bonds. The zero-order valence-corrected chi connectivity index (χ0v) is 12.9. The molecule has 0 unspecified atom stereocenters. The highest BCUT2D eigenvalue weighted by Gasteiger charge is 2.09. The topological polar surface area (TPSA) is 45.8 Å². The van der Waals surface area contributed by atoms with Crippen molar-refractivity contribution >= 4 is 38.9 Å². The second-order valence-electron chi connectivity index (χ2n) is 5.44. The number of carbonyl (C=O) groups is 1. The van der Waals surface area contributed by atoms with Gasteiger partial charge in [-0.3, -0.25) is 4.79 Å². The van der Waals surface area contributed by atoms with E-state index < -0.39 is 0 Å². The molecule has 0 aliphatic carbocycles. The summed E-state index contributed by atoms with van der Waals surface area (Å²) in [6, 6.07) is 14.7. The lowest BCUT2D eigenvalue weighted by molar-refractivity contribution is -0.116. The molecule has 0 fully saturated rings. The van der Waals surface area contributed by atoms with Crippen molar-refractivity contribution in [1.29, 1.82) is 0 Å². The molecule has 0 saturated heterocycles. The molecule has 3 nitrogen and oxygen atoms in total. The molecule has 0 atom stereocenters. The Labute approximate surface area is 131 Å². The Hall–Kier alpha value is -2.46. The van der Waals surface area contributed by atoms with Crippen molar-refractivity contribution in [3.05, 3.63) is 52.9 Å². The summed E-state index contributed by atoms with van der Waals surface area (Å²) in [5.41, 5.74) is 4.26. The summed E-state index contributed by atoms with van der Waals surface area (Å²) in [6.07, 6.45) is 0.416. The number of nitrogens with one attached hydrogen (secondary N) is 1. The molecular formula is C18H14N2OS. The molecule has 22 heavy (non-hydrogen) atoms. The summed E-state index contributed by atoms with van der Waals surface area (Å²) in [6.45, 7) is 1.59. The third-order valence-corrected chi connectivity index (χ3v) is 4.60. The van der Waals surface area contributed by atoms with Gasteiger partial charge in [0, 0.05) is 32.7 Å². The number of nitrogens with zero attached hydrogens (tertiary/aromatic N) is 1. The van der Waals surface area contributed by atoms with Crippen LogP contribution in [0.4, 0.5) is 0 Å². The van der Waals surface area contributed by atoms with Crippen LogP contribution in [-0.2, 0) is 11.2 Å². The molecule has 4 aromatic rings. The van der Waals surface area contributed by atoms with Gasteiger partial charge in [-0.2, -0.15) is 0 Å². The smallest absolute Gasteiger partial charge is 0.136 e. The Morgan fingerprint density at radius 1 is 1.14 bits per heavy atom. The van der Waals surface area contributed by atoms with E-state index >= 15 is 0 Å². The number of fused-ring (bicyclic) bond motifs is 3. The molecular weight excluding hydrogens is 292 g/mol. The van der Waals surface area contributed by atoms with Gasteiger partial charge in [0.1, 0.15) is 10.8 Å². The van der Waals surface area contributed by atoms with Gasteiger partial charge in [-0.15, -0.1) is 11.3 Å². The van der Waals surface area contributed by atoms with Crippen LogP contribution in [0.3, 0.4) is 0 Å². The first-order valence-electron chi connectivity index (χ1n) is 7.15. The summed E-state index contributed by atoms with van der Waals surface area (Å²) >= 11 is 1.54. The fraction of sp³-hybridized carbons (Fsp3) is 0.111. The van der Waals surface area contributed by atoms with Gasteiger partial charge in [0.25, 0.3) is 0 Å². The standard InChI is InChI=1S/C18H14N2OS/c1-11(21)8-18-20-17(10-22-18)12-6-7-14-13-4-2-3-5-15(13)19-16(14)9-12/h2-7,9-10,19H,8H2,1H3. The van der Waals surface area contributed by atoms with Crippen LogP contribution in [0.1, 0.15) is 11.9 Å². The van der Waals surface area contributed by atoms with Gasteiger partial charge in [0.15, 0.2) is 0 Å². The molecule has 4 heteroatoms. The van der Waals surface area contributed by atoms with Crippen LogP contribution in [0.15, 0.2) is 47.8 Å². The van der Waals surface area contributed by atoms with Crippen molar-refractivity contribution in [2.45, 2.75) is 13.3 Å². The van der Waals surface area contributed by atoms with Crippen molar-refractivity contribution in [3.63, 3.8) is 0 Å². The summed E-state index contributed by atoms with van der Waals surface area (Å²) in [5.74, 6) is 0.145. The highest BCUT2D eigenvalue weighted by atomic mass is 32.1. The molecule has 0 bridgehead atoms. The number of H-pyrrole nitrogens is 1. The van der Waals surface area contributed by atoms with Gasteiger partial charge < -0.3 is 4.98 Å². The lowest BCUT2D eigenvalue weighted by Gasteiger charge is -1.97. The maximum atomic E-state index is 11.2. The number of hydrogen-bond acceptors (Lipinski definition) is 3. The van der Waals surface area contributed by atoms with Gasteiger partial charge in [-0.05, 0) is 19.1 Å². The second kappa shape index (κ2) is 5.07. The molecule has 0 aliphatic rings. The molecule has 1 N–H and O–H groups in total. The number of aromatic nitrogens is 2. The van der Waals surface area contributed by atoms with E-state index in [4.69, 9.17) is 0 Å². The summed E-state index contributed by atoms with van der Waals surface area (Å²) < 4.78 is 0. The highest BCUT2D eigenvalue weighted by Crippen LogP contribution is 2.30. The monoisotopic (exact) mass is 306 g/mol. The fourth-order valence-corrected chi connectivity index (χ4v) is 3.63. The van der Waals surface area contributed by atoms with Crippen LogP contribution in [0.25, 0.3) is 33.1 Å². The Balaban J connectivity index is 1.80. The van der Waals surface area contributed by atoms with E-state index in [1.165, 1.54) is 10.8 Å². The number of carbonyl (C=O) groups excluding carboxylic acids is 1. The van der Waals surface area contributed by atoms with E-state index in [0.717, 1.165) is 27.3 Å². The zero-order valence-electron chi connectivity index (χ0n) is 12.1. The minimum absolute atomic E-state index is 0.145. The number of thiazole rings is 1. The highest BCUT2D eigenvalue weighted by molar-refractivity contribution is 7.10. The minimum Gasteiger partial charge on any atom is -0.354 e. The van der Waals surface area contributed by atoms with Crippen molar-refractivity contribution in [2.24, 2.45) is 0 Å². The predicted molar refractivity (Wildman–Crippen MR) is 91.3 cm³/mol. The molecule has 0 spiro atoms.